The van der Waals surface area contributed by atoms with Crippen LogP contribution in [0.15, 0.2) is 36.4 Å². The summed E-state index contributed by atoms with van der Waals surface area (Å²) >= 11 is 0. The van der Waals surface area contributed by atoms with Gasteiger partial charge in [-0.15, -0.1) is 12.4 Å². The number of methoxy groups -OCH3 is 2. The van der Waals surface area contributed by atoms with Gasteiger partial charge in [0, 0.05) is 30.3 Å². The predicted molar refractivity (Wildman–Crippen MR) is 125 cm³/mol. The van der Waals surface area contributed by atoms with Crippen LogP contribution in [0.25, 0.3) is 0 Å². The first kappa shape index (κ1) is 25.8. The van der Waals surface area contributed by atoms with E-state index in [0.29, 0.717) is 30.8 Å². The summed E-state index contributed by atoms with van der Waals surface area (Å²) in [6.45, 7) is 1.08. The number of amides is 3. The number of carbonyl (C=O) groups excluding carboxylic acids is 3. The lowest BCUT2D eigenvalue weighted by atomic mass is 9.99. The van der Waals surface area contributed by atoms with Gasteiger partial charge in [0.25, 0.3) is 5.91 Å². The van der Waals surface area contributed by atoms with E-state index in [4.69, 9.17) is 15.2 Å². The second kappa shape index (κ2) is 11.4. The minimum absolute atomic E-state index is 0. The van der Waals surface area contributed by atoms with Crippen LogP contribution in [0.4, 0.5) is 4.79 Å². The zero-order valence-electron chi connectivity index (χ0n) is 18.5. The number of primary amides is 1. The van der Waals surface area contributed by atoms with E-state index in [1.165, 1.54) is 38.5 Å². The van der Waals surface area contributed by atoms with Gasteiger partial charge in [-0.2, -0.15) is 0 Å². The lowest BCUT2D eigenvalue weighted by Crippen LogP contribution is -2.38. The monoisotopic (exact) mass is 477 g/mol. The summed E-state index contributed by atoms with van der Waals surface area (Å²) in [5.41, 5.74) is 6.02. The van der Waals surface area contributed by atoms with Crippen molar-refractivity contribution in [2.45, 2.75) is 25.3 Å². The summed E-state index contributed by atoms with van der Waals surface area (Å²) in [5, 5.41) is 13.2. The Morgan fingerprint density at radius 1 is 1.00 bits per heavy atom. The lowest BCUT2D eigenvalue weighted by molar-refractivity contribution is 0.0932. The van der Waals surface area contributed by atoms with E-state index < -0.39 is 11.8 Å². The molecule has 2 aromatic carbocycles. The maximum Gasteiger partial charge on any atom is 0.314 e. The van der Waals surface area contributed by atoms with Gasteiger partial charge in [-0.3, -0.25) is 9.59 Å². The number of ketones is 1. The molecule has 1 saturated heterocycles. The van der Waals surface area contributed by atoms with Crippen molar-refractivity contribution in [3.05, 3.63) is 53.1 Å². The highest BCUT2D eigenvalue weighted by molar-refractivity contribution is 6.13. The summed E-state index contributed by atoms with van der Waals surface area (Å²) in [7, 11) is 2.83. The van der Waals surface area contributed by atoms with Crippen LogP contribution in [-0.2, 0) is 0 Å². The summed E-state index contributed by atoms with van der Waals surface area (Å²) in [4.78, 5) is 38.6. The van der Waals surface area contributed by atoms with Crippen LogP contribution >= 0.6 is 12.4 Å². The Balaban J connectivity index is 0.00000385. The molecule has 0 spiro atoms. The van der Waals surface area contributed by atoms with Crippen LogP contribution in [0, 0.1) is 0 Å². The van der Waals surface area contributed by atoms with E-state index >= 15 is 0 Å². The summed E-state index contributed by atoms with van der Waals surface area (Å²) in [6.07, 6.45) is 2.13. The normalized spacial score (nSPS) is 15.6. The number of hydrogen-bond donors (Lipinski definition) is 3. The molecule has 3 amide bonds. The molecule has 3 rings (SSSR count). The summed E-state index contributed by atoms with van der Waals surface area (Å²) < 4.78 is 10.5. The molecule has 33 heavy (non-hydrogen) atoms. The molecule has 10 heteroatoms. The Morgan fingerprint density at radius 3 is 2.27 bits per heavy atom. The maximum absolute atomic E-state index is 13.0. The second-order valence-corrected chi connectivity index (χ2v) is 7.53. The van der Waals surface area contributed by atoms with E-state index in [1.54, 1.807) is 17.0 Å². The third-order valence-corrected chi connectivity index (χ3v) is 5.53. The molecular formula is C23H28ClN3O6. The largest absolute Gasteiger partial charge is 0.507 e. The van der Waals surface area contributed by atoms with Crippen molar-refractivity contribution < 1.29 is 29.0 Å². The molecule has 1 fully saturated rings. The zero-order chi connectivity index (χ0) is 23.3. The van der Waals surface area contributed by atoms with Crippen molar-refractivity contribution in [2.24, 2.45) is 5.73 Å². The Hall–Kier alpha value is -3.46. The Bertz CT molecular complexity index is 1010. The van der Waals surface area contributed by atoms with Crippen molar-refractivity contribution in [3.8, 4) is 17.2 Å². The molecule has 1 heterocycles. The first-order chi connectivity index (χ1) is 15.3. The molecule has 0 saturated carbocycles. The van der Waals surface area contributed by atoms with E-state index in [0.717, 1.165) is 12.8 Å². The Morgan fingerprint density at radius 2 is 1.67 bits per heavy atom. The maximum atomic E-state index is 13.0. The van der Waals surface area contributed by atoms with Gasteiger partial charge >= 0.3 is 6.03 Å². The SMILES string of the molecule is COc1ccc(O)c(C(=O)c2ccc(C(=O)N[C@H]3CCCN(C(N)=O)CC3)cc2)c1OC.Cl. The van der Waals surface area contributed by atoms with Crippen LogP contribution in [0.2, 0.25) is 0 Å². The number of nitrogens with zero attached hydrogens (tertiary/aromatic N) is 1. The number of nitrogens with two attached hydrogens (primary N) is 1. The Kier molecular flexibility index (Phi) is 8.93. The molecule has 0 unspecified atom stereocenters. The molecule has 1 aliphatic rings. The van der Waals surface area contributed by atoms with Gasteiger partial charge in [-0.1, -0.05) is 12.1 Å². The first-order valence-corrected chi connectivity index (χ1v) is 10.3. The van der Waals surface area contributed by atoms with Crippen molar-refractivity contribution in [3.63, 3.8) is 0 Å². The lowest BCUT2D eigenvalue weighted by Gasteiger charge is -2.18. The molecule has 1 aliphatic heterocycles. The second-order valence-electron chi connectivity index (χ2n) is 7.53. The molecule has 1 atom stereocenters. The number of aromatic hydroxyl groups is 1. The number of rotatable bonds is 6. The number of benzene rings is 2. The van der Waals surface area contributed by atoms with Gasteiger partial charge < -0.3 is 30.5 Å². The molecule has 4 N–H and O–H groups in total. The number of nitrogens with one attached hydrogen (secondary N) is 1. The number of likely N-dealkylation sites (tertiary alicyclic amines) is 1. The predicted octanol–water partition coefficient (Wildman–Crippen LogP) is 2.73. The Labute approximate surface area is 198 Å². The highest BCUT2D eigenvalue weighted by atomic mass is 35.5. The van der Waals surface area contributed by atoms with E-state index in [-0.39, 0.29) is 47.0 Å². The molecule has 9 nitrogen and oxygen atoms in total. The molecule has 0 aliphatic carbocycles. The fraction of sp³-hybridized carbons (Fsp3) is 0.348. The van der Waals surface area contributed by atoms with Crippen molar-refractivity contribution >= 4 is 30.1 Å². The zero-order valence-corrected chi connectivity index (χ0v) is 19.3. The molecule has 178 valence electrons. The highest BCUT2D eigenvalue weighted by Gasteiger charge is 2.24. The molecule has 0 radical (unpaired) electrons. The quantitative estimate of drug-likeness (QED) is 0.548. The summed E-state index contributed by atoms with van der Waals surface area (Å²) in [6, 6.07) is 8.52. The standard InChI is InChI=1S/C23H27N3O6.ClH/c1-31-18-10-9-17(27)19(21(18)32-2)20(28)14-5-7-15(8-6-14)22(29)25-16-4-3-12-26(13-11-16)23(24)30;/h5-10,16,27H,3-4,11-13H2,1-2H3,(H2,24,30)(H,25,29);1H/t16-;/m0./s1. The van der Waals surface area contributed by atoms with Crippen LogP contribution < -0.4 is 20.5 Å². The van der Waals surface area contributed by atoms with Gasteiger partial charge in [0.1, 0.15) is 11.3 Å². The van der Waals surface area contributed by atoms with E-state index in [1.807, 2.05) is 0 Å². The average Bonchev–Trinajstić information content (AvgIpc) is 3.04. The number of phenolic OH excluding ortho intramolecular Hbond substituents is 1. The molecule has 0 bridgehead atoms. The van der Waals surface area contributed by atoms with E-state index in [9.17, 15) is 19.5 Å². The molecule has 2 aromatic rings. The average molecular weight is 478 g/mol. The van der Waals surface area contributed by atoms with Crippen LogP contribution in [0.3, 0.4) is 0 Å². The number of carbonyl (C=O) groups is 3. The van der Waals surface area contributed by atoms with Gasteiger partial charge in [-0.25, -0.2) is 4.79 Å². The number of hydrogen-bond acceptors (Lipinski definition) is 6. The van der Waals surface area contributed by atoms with Crippen LogP contribution in [0.1, 0.15) is 45.5 Å². The summed E-state index contributed by atoms with van der Waals surface area (Å²) in [5.74, 6) is -0.489. The minimum Gasteiger partial charge on any atom is -0.507 e. The highest BCUT2D eigenvalue weighted by Crippen LogP contribution is 2.38. The number of halogens is 1. The third-order valence-electron chi connectivity index (χ3n) is 5.53. The topological polar surface area (TPSA) is 131 Å². The first-order valence-electron chi connectivity index (χ1n) is 10.3. The number of phenols is 1. The van der Waals surface area contributed by atoms with Crippen molar-refractivity contribution in [2.75, 3.05) is 27.3 Å². The van der Waals surface area contributed by atoms with Crippen LogP contribution in [0.5, 0.6) is 17.2 Å². The van der Waals surface area contributed by atoms with Gasteiger partial charge in [0.15, 0.2) is 11.5 Å². The fourth-order valence-electron chi connectivity index (χ4n) is 3.78. The smallest absolute Gasteiger partial charge is 0.314 e. The number of ether oxygens (including phenoxy) is 2. The van der Waals surface area contributed by atoms with Gasteiger partial charge in [-0.05, 0) is 43.5 Å². The molecular weight excluding hydrogens is 450 g/mol. The third kappa shape index (κ3) is 5.87. The van der Waals surface area contributed by atoms with Gasteiger partial charge in [0.05, 0.1) is 14.2 Å². The number of urea groups is 1. The van der Waals surface area contributed by atoms with Gasteiger partial charge in [0.2, 0.25) is 5.78 Å². The van der Waals surface area contributed by atoms with Crippen molar-refractivity contribution in [1.82, 2.24) is 10.2 Å². The molecule has 0 aromatic heterocycles. The fourth-order valence-corrected chi connectivity index (χ4v) is 3.78. The van der Waals surface area contributed by atoms with E-state index in [2.05, 4.69) is 5.32 Å². The minimum atomic E-state index is -0.458. The van der Waals surface area contributed by atoms with Crippen molar-refractivity contribution in [1.29, 1.82) is 0 Å². The van der Waals surface area contributed by atoms with Crippen LogP contribution in [-0.4, -0.2) is 61.1 Å².